The Morgan fingerprint density at radius 2 is 2.04 bits per heavy atom. The first-order valence-electron chi connectivity index (χ1n) is 8.11. The van der Waals surface area contributed by atoms with Crippen molar-refractivity contribution in [2.24, 2.45) is 0 Å². The van der Waals surface area contributed by atoms with E-state index in [1.807, 2.05) is 47.4 Å². The van der Waals surface area contributed by atoms with E-state index in [4.69, 9.17) is 8.83 Å². The van der Waals surface area contributed by atoms with Crippen LogP contribution in [0.4, 0.5) is 0 Å². The molecule has 3 aromatic heterocycles. The summed E-state index contributed by atoms with van der Waals surface area (Å²) in [5.74, 6) is 0.268. The van der Waals surface area contributed by atoms with Crippen molar-refractivity contribution in [3.63, 3.8) is 0 Å². The van der Waals surface area contributed by atoms with Gasteiger partial charge in [0, 0.05) is 28.9 Å². The SMILES string of the molecule is O=C(c1cc2ccccc2o1)N(CCc1cccs1)Cc1ccoc1. The molecule has 1 aromatic carbocycles. The van der Waals surface area contributed by atoms with Crippen molar-refractivity contribution >= 4 is 28.2 Å². The van der Waals surface area contributed by atoms with Crippen LogP contribution in [0, 0.1) is 0 Å². The monoisotopic (exact) mass is 351 g/mol. The second-order valence-corrected chi connectivity index (χ2v) is 6.87. The van der Waals surface area contributed by atoms with Crippen molar-refractivity contribution in [3.05, 3.63) is 82.6 Å². The molecule has 0 bridgehead atoms. The molecule has 0 N–H and O–H groups in total. The Balaban J connectivity index is 1.57. The molecule has 4 aromatic rings. The van der Waals surface area contributed by atoms with Crippen molar-refractivity contribution in [2.75, 3.05) is 6.54 Å². The number of rotatable bonds is 6. The zero-order chi connectivity index (χ0) is 17.1. The van der Waals surface area contributed by atoms with Gasteiger partial charge in [0.15, 0.2) is 5.76 Å². The molecule has 4 nitrogen and oxygen atoms in total. The average Bonchev–Trinajstić information content (AvgIpc) is 3.39. The van der Waals surface area contributed by atoms with Gasteiger partial charge in [-0.25, -0.2) is 0 Å². The molecule has 0 saturated heterocycles. The van der Waals surface area contributed by atoms with Gasteiger partial charge in [-0.05, 0) is 36.1 Å². The minimum atomic E-state index is -0.103. The summed E-state index contributed by atoms with van der Waals surface area (Å²) < 4.78 is 10.9. The minimum absolute atomic E-state index is 0.103. The Kier molecular flexibility index (Phi) is 4.39. The van der Waals surface area contributed by atoms with Crippen molar-refractivity contribution in [1.82, 2.24) is 4.90 Å². The highest BCUT2D eigenvalue weighted by molar-refractivity contribution is 7.09. The molecule has 5 heteroatoms. The molecule has 126 valence electrons. The molecule has 4 rings (SSSR count). The van der Waals surface area contributed by atoms with E-state index < -0.39 is 0 Å². The number of para-hydroxylation sites is 1. The zero-order valence-electron chi connectivity index (χ0n) is 13.6. The van der Waals surface area contributed by atoms with Gasteiger partial charge in [0.1, 0.15) is 5.58 Å². The third-order valence-corrected chi connectivity index (χ3v) is 5.02. The van der Waals surface area contributed by atoms with Crippen LogP contribution in [0.15, 0.2) is 75.3 Å². The topological polar surface area (TPSA) is 46.6 Å². The van der Waals surface area contributed by atoms with Crippen LogP contribution in [-0.2, 0) is 13.0 Å². The summed E-state index contributed by atoms with van der Waals surface area (Å²) >= 11 is 1.70. The fraction of sp³-hybridized carbons (Fsp3) is 0.150. The van der Waals surface area contributed by atoms with E-state index in [9.17, 15) is 4.79 Å². The number of amides is 1. The largest absolute Gasteiger partial charge is 0.472 e. The van der Waals surface area contributed by atoms with Crippen molar-refractivity contribution in [3.8, 4) is 0 Å². The predicted molar refractivity (Wildman–Crippen MR) is 97.7 cm³/mol. The lowest BCUT2D eigenvalue weighted by molar-refractivity contribution is 0.0715. The van der Waals surface area contributed by atoms with Gasteiger partial charge in [0.25, 0.3) is 5.91 Å². The van der Waals surface area contributed by atoms with Gasteiger partial charge in [-0.1, -0.05) is 24.3 Å². The summed E-state index contributed by atoms with van der Waals surface area (Å²) in [5.41, 5.74) is 1.70. The lowest BCUT2D eigenvalue weighted by Crippen LogP contribution is -2.32. The summed E-state index contributed by atoms with van der Waals surface area (Å²) in [5, 5.41) is 2.99. The maximum absolute atomic E-state index is 13.0. The quantitative estimate of drug-likeness (QED) is 0.492. The number of carbonyl (C=O) groups is 1. The summed E-state index contributed by atoms with van der Waals surface area (Å²) in [6, 6.07) is 15.5. The Labute approximate surface area is 149 Å². The normalized spacial score (nSPS) is 11.0. The summed E-state index contributed by atoms with van der Waals surface area (Å²) in [6.07, 6.45) is 4.12. The highest BCUT2D eigenvalue weighted by atomic mass is 32.1. The zero-order valence-corrected chi connectivity index (χ0v) is 14.4. The highest BCUT2D eigenvalue weighted by Gasteiger charge is 2.20. The van der Waals surface area contributed by atoms with Gasteiger partial charge >= 0.3 is 0 Å². The number of fused-ring (bicyclic) bond motifs is 1. The number of nitrogens with zero attached hydrogens (tertiary/aromatic N) is 1. The first kappa shape index (κ1) is 15.7. The molecule has 0 unspecified atom stereocenters. The Bertz CT molecular complexity index is 921. The highest BCUT2D eigenvalue weighted by Crippen LogP contribution is 2.21. The molecule has 0 saturated carbocycles. The second kappa shape index (κ2) is 6.99. The lowest BCUT2D eigenvalue weighted by Gasteiger charge is -2.20. The maximum atomic E-state index is 13.0. The smallest absolute Gasteiger partial charge is 0.289 e. The van der Waals surface area contributed by atoms with E-state index in [1.54, 1.807) is 23.9 Å². The van der Waals surface area contributed by atoms with Crippen molar-refractivity contribution < 1.29 is 13.6 Å². The van der Waals surface area contributed by atoms with Gasteiger partial charge in [-0.15, -0.1) is 11.3 Å². The van der Waals surface area contributed by atoms with Gasteiger partial charge in [-0.2, -0.15) is 0 Å². The molecular weight excluding hydrogens is 334 g/mol. The molecule has 25 heavy (non-hydrogen) atoms. The third-order valence-electron chi connectivity index (χ3n) is 4.09. The Morgan fingerprint density at radius 3 is 2.80 bits per heavy atom. The molecular formula is C20H17NO3S. The van der Waals surface area contributed by atoms with Crippen molar-refractivity contribution in [2.45, 2.75) is 13.0 Å². The van der Waals surface area contributed by atoms with E-state index in [1.165, 1.54) is 4.88 Å². The van der Waals surface area contributed by atoms with Crippen LogP contribution in [0.2, 0.25) is 0 Å². The van der Waals surface area contributed by atoms with E-state index >= 15 is 0 Å². The van der Waals surface area contributed by atoms with Gasteiger partial charge in [0.2, 0.25) is 0 Å². The number of benzene rings is 1. The fourth-order valence-corrected chi connectivity index (χ4v) is 3.50. The van der Waals surface area contributed by atoms with Gasteiger partial charge in [-0.3, -0.25) is 4.79 Å². The summed E-state index contributed by atoms with van der Waals surface area (Å²) in [4.78, 5) is 16.1. The van der Waals surface area contributed by atoms with Crippen LogP contribution < -0.4 is 0 Å². The lowest BCUT2D eigenvalue weighted by atomic mass is 10.2. The average molecular weight is 351 g/mol. The van der Waals surface area contributed by atoms with E-state index in [0.29, 0.717) is 18.8 Å². The standard InChI is InChI=1S/C20H17NO3S/c22-20(19-12-16-4-1-2-6-18(16)24-19)21(13-15-8-10-23-14-15)9-7-17-5-3-11-25-17/h1-6,8,10-12,14H,7,9,13H2. The van der Waals surface area contributed by atoms with E-state index in [2.05, 4.69) is 11.4 Å². The first-order valence-corrected chi connectivity index (χ1v) is 8.99. The fourth-order valence-electron chi connectivity index (χ4n) is 2.80. The summed E-state index contributed by atoms with van der Waals surface area (Å²) in [7, 11) is 0. The molecule has 0 aliphatic rings. The number of furan rings is 2. The molecule has 0 aliphatic carbocycles. The molecule has 1 amide bonds. The van der Waals surface area contributed by atoms with Crippen LogP contribution in [0.25, 0.3) is 11.0 Å². The van der Waals surface area contributed by atoms with Gasteiger partial charge in [0.05, 0.1) is 12.5 Å². The summed E-state index contributed by atoms with van der Waals surface area (Å²) in [6.45, 7) is 1.12. The van der Waals surface area contributed by atoms with Crippen LogP contribution in [0.1, 0.15) is 21.0 Å². The molecule has 0 atom stereocenters. The number of hydrogen-bond acceptors (Lipinski definition) is 4. The third kappa shape index (κ3) is 3.51. The second-order valence-electron chi connectivity index (χ2n) is 5.84. The van der Waals surface area contributed by atoms with Crippen LogP contribution >= 0.6 is 11.3 Å². The number of hydrogen-bond donors (Lipinski definition) is 0. The number of carbonyl (C=O) groups excluding carboxylic acids is 1. The van der Waals surface area contributed by atoms with Crippen molar-refractivity contribution in [1.29, 1.82) is 0 Å². The molecule has 0 aliphatic heterocycles. The molecule has 0 spiro atoms. The van der Waals surface area contributed by atoms with E-state index in [-0.39, 0.29) is 5.91 Å². The molecule has 0 radical (unpaired) electrons. The van der Waals surface area contributed by atoms with Crippen LogP contribution in [0.3, 0.4) is 0 Å². The Hall–Kier alpha value is -2.79. The minimum Gasteiger partial charge on any atom is -0.472 e. The molecule has 3 heterocycles. The Morgan fingerprint density at radius 1 is 1.12 bits per heavy atom. The van der Waals surface area contributed by atoms with Crippen LogP contribution in [-0.4, -0.2) is 17.4 Å². The van der Waals surface area contributed by atoms with E-state index in [0.717, 1.165) is 23.0 Å². The van der Waals surface area contributed by atoms with Gasteiger partial charge < -0.3 is 13.7 Å². The number of thiophene rings is 1. The first-order chi connectivity index (χ1) is 12.3. The van der Waals surface area contributed by atoms with Crippen LogP contribution in [0.5, 0.6) is 0 Å². The predicted octanol–water partition coefficient (Wildman–Crippen LogP) is 4.97. The maximum Gasteiger partial charge on any atom is 0.289 e. The molecule has 0 fully saturated rings.